The maximum Gasteiger partial charge on any atom is 0.232 e. The van der Waals surface area contributed by atoms with E-state index in [2.05, 4.69) is 9.97 Å². The van der Waals surface area contributed by atoms with Crippen molar-refractivity contribution in [1.29, 1.82) is 0 Å². The summed E-state index contributed by atoms with van der Waals surface area (Å²) in [6.07, 6.45) is 10.8. The highest BCUT2D eigenvalue weighted by molar-refractivity contribution is 7.80. The Hall–Kier alpha value is -1.23. The highest BCUT2D eigenvalue weighted by Crippen LogP contribution is 2.21. The minimum absolute atomic E-state index is 0.263. The van der Waals surface area contributed by atoms with E-state index in [0.29, 0.717) is 11.6 Å². The van der Waals surface area contributed by atoms with Crippen LogP contribution in [0.5, 0.6) is 5.88 Å². The van der Waals surface area contributed by atoms with Crippen LogP contribution in [0.15, 0.2) is 12.4 Å². The van der Waals surface area contributed by atoms with Crippen LogP contribution in [0.25, 0.3) is 0 Å². The van der Waals surface area contributed by atoms with E-state index in [9.17, 15) is 0 Å². The van der Waals surface area contributed by atoms with E-state index in [0.717, 1.165) is 12.8 Å². The molecule has 0 aliphatic heterocycles. The quantitative estimate of drug-likeness (QED) is 0.659. The Labute approximate surface area is 107 Å². The molecule has 0 amide bonds. The summed E-state index contributed by atoms with van der Waals surface area (Å²) in [7, 11) is 0. The summed E-state index contributed by atoms with van der Waals surface area (Å²) in [4.78, 5) is 8.55. The van der Waals surface area contributed by atoms with E-state index in [-0.39, 0.29) is 11.1 Å². The second-order valence-corrected chi connectivity index (χ2v) is 4.78. The lowest BCUT2D eigenvalue weighted by Crippen LogP contribution is -2.17. The van der Waals surface area contributed by atoms with Gasteiger partial charge in [-0.15, -0.1) is 0 Å². The van der Waals surface area contributed by atoms with Crippen molar-refractivity contribution in [2.75, 3.05) is 0 Å². The molecule has 1 heterocycles. The fraction of sp³-hybridized carbons (Fsp3) is 0.583. The van der Waals surface area contributed by atoms with Crippen molar-refractivity contribution in [1.82, 2.24) is 9.97 Å². The molecule has 0 radical (unpaired) electrons. The van der Waals surface area contributed by atoms with Crippen molar-refractivity contribution in [3.8, 4) is 5.88 Å². The molecule has 0 atom stereocenters. The normalized spacial score (nSPS) is 17.4. The van der Waals surface area contributed by atoms with Gasteiger partial charge in [-0.2, -0.15) is 0 Å². The zero-order valence-electron chi connectivity index (χ0n) is 9.76. The molecule has 0 bridgehead atoms. The van der Waals surface area contributed by atoms with Gasteiger partial charge in [0.05, 0.1) is 12.4 Å². The molecule has 1 aromatic heterocycles. The number of nitrogens with two attached hydrogens (primary N) is 1. The van der Waals surface area contributed by atoms with Crippen LogP contribution in [0.4, 0.5) is 0 Å². The van der Waals surface area contributed by atoms with E-state index in [4.69, 9.17) is 22.7 Å². The zero-order valence-corrected chi connectivity index (χ0v) is 10.6. The highest BCUT2D eigenvalue weighted by Gasteiger charge is 2.14. The van der Waals surface area contributed by atoms with Crippen LogP contribution in [-0.4, -0.2) is 21.1 Å². The van der Waals surface area contributed by atoms with Crippen LogP contribution in [0.2, 0.25) is 0 Å². The van der Waals surface area contributed by atoms with Gasteiger partial charge in [-0.1, -0.05) is 25.1 Å². The van der Waals surface area contributed by atoms with Gasteiger partial charge in [0.2, 0.25) is 5.88 Å². The third-order valence-electron chi connectivity index (χ3n) is 2.97. The van der Waals surface area contributed by atoms with Crippen molar-refractivity contribution in [2.24, 2.45) is 5.73 Å². The first kappa shape index (κ1) is 12.2. The van der Waals surface area contributed by atoms with Gasteiger partial charge in [-0.25, -0.2) is 9.97 Å². The molecule has 1 aromatic rings. The van der Waals surface area contributed by atoms with Crippen LogP contribution in [0.1, 0.15) is 44.2 Å². The number of hydrogen-bond acceptors (Lipinski definition) is 4. The molecule has 4 nitrogen and oxygen atoms in total. The molecule has 0 spiro atoms. The lowest BCUT2D eigenvalue weighted by atomic mass is 10.1. The van der Waals surface area contributed by atoms with Gasteiger partial charge in [-0.05, 0) is 25.7 Å². The number of ether oxygens (including phenoxy) is 1. The SMILES string of the molecule is NC(=S)c1cnc(OC2CCCCCC2)cn1. The Morgan fingerprint density at radius 1 is 1.18 bits per heavy atom. The predicted molar refractivity (Wildman–Crippen MR) is 70.0 cm³/mol. The topological polar surface area (TPSA) is 61.0 Å². The summed E-state index contributed by atoms with van der Waals surface area (Å²) >= 11 is 4.82. The fourth-order valence-corrected chi connectivity index (χ4v) is 2.14. The molecule has 1 saturated carbocycles. The van der Waals surface area contributed by atoms with Crippen molar-refractivity contribution < 1.29 is 4.74 Å². The van der Waals surface area contributed by atoms with Gasteiger partial charge >= 0.3 is 0 Å². The predicted octanol–water partition coefficient (Wildman–Crippen LogP) is 2.21. The van der Waals surface area contributed by atoms with Crippen LogP contribution >= 0.6 is 12.2 Å². The molecule has 92 valence electrons. The van der Waals surface area contributed by atoms with Crippen LogP contribution in [0.3, 0.4) is 0 Å². The number of thiocarbonyl (C=S) groups is 1. The van der Waals surface area contributed by atoms with Crippen LogP contribution < -0.4 is 10.5 Å². The van der Waals surface area contributed by atoms with Gasteiger partial charge < -0.3 is 10.5 Å². The Bertz CT molecular complexity index is 372. The van der Waals surface area contributed by atoms with Gasteiger partial charge in [0, 0.05) is 0 Å². The summed E-state index contributed by atoms with van der Waals surface area (Å²) in [5.74, 6) is 0.567. The monoisotopic (exact) mass is 251 g/mol. The van der Waals surface area contributed by atoms with Crippen molar-refractivity contribution in [2.45, 2.75) is 44.6 Å². The first-order valence-corrected chi connectivity index (χ1v) is 6.45. The van der Waals surface area contributed by atoms with Gasteiger partial charge in [-0.3, -0.25) is 0 Å². The second-order valence-electron chi connectivity index (χ2n) is 4.34. The van der Waals surface area contributed by atoms with E-state index < -0.39 is 0 Å². The third-order valence-corrected chi connectivity index (χ3v) is 3.18. The first-order valence-electron chi connectivity index (χ1n) is 6.04. The average molecular weight is 251 g/mol. The van der Waals surface area contributed by atoms with E-state index in [1.165, 1.54) is 25.7 Å². The van der Waals surface area contributed by atoms with Crippen molar-refractivity contribution in [3.05, 3.63) is 18.1 Å². The Kier molecular flexibility index (Phi) is 4.25. The first-order chi connectivity index (χ1) is 8.25. The summed E-state index contributed by atoms with van der Waals surface area (Å²) in [6.45, 7) is 0. The molecule has 0 unspecified atom stereocenters. The van der Waals surface area contributed by atoms with Gasteiger partial charge in [0.15, 0.2) is 0 Å². The molecular formula is C12H17N3OS. The second kappa shape index (κ2) is 5.91. The van der Waals surface area contributed by atoms with E-state index in [1.807, 2.05) is 0 Å². The molecule has 2 rings (SSSR count). The third kappa shape index (κ3) is 3.63. The minimum atomic E-state index is 0.263. The summed E-state index contributed by atoms with van der Waals surface area (Å²) in [5, 5.41) is 0. The standard InChI is InChI=1S/C12H17N3OS/c13-12(17)10-7-15-11(8-14-10)16-9-5-3-1-2-4-6-9/h7-9H,1-6H2,(H2,13,17). The molecule has 1 aliphatic rings. The molecule has 0 saturated heterocycles. The molecular weight excluding hydrogens is 234 g/mol. The van der Waals surface area contributed by atoms with Crippen molar-refractivity contribution in [3.63, 3.8) is 0 Å². The van der Waals surface area contributed by atoms with Crippen LogP contribution in [-0.2, 0) is 0 Å². The number of aromatic nitrogens is 2. The zero-order chi connectivity index (χ0) is 12.1. The largest absolute Gasteiger partial charge is 0.473 e. The number of rotatable bonds is 3. The van der Waals surface area contributed by atoms with Crippen molar-refractivity contribution >= 4 is 17.2 Å². The van der Waals surface area contributed by atoms with E-state index in [1.54, 1.807) is 12.4 Å². The van der Waals surface area contributed by atoms with Gasteiger partial charge in [0.1, 0.15) is 16.8 Å². The highest BCUT2D eigenvalue weighted by atomic mass is 32.1. The summed E-state index contributed by atoms with van der Waals surface area (Å²) < 4.78 is 5.81. The van der Waals surface area contributed by atoms with Crippen LogP contribution in [0, 0.1) is 0 Å². The Balaban J connectivity index is 1.95. The Morgan fingerprint density at radius 3 is 2.41 bits per heavy atom. The summed E-state index contributed by atoms with van der Waals surface area (Å²) in [6, 6.07) is 0. The summed E-state index contributed by atoms with van der Waals surface area (Å²) in [5.41, 5.74) is 5.99. The fourth-order valence-electron chi connectivity index (χ4n) is 2.03. The minimum Gasteiger partial charge on any atom is -0.473 e. The maximum absolute atomic E-state index is 5.81. The lowest BCUT2D eigenvalue weighted by molar-refractivity contribution is 0.175. The maximum atomic E-state index is 5.81. The number of nitrogens with zero attached hydrogens (tertiary/aromatic N) is 2. The molecule has 5 heteroatoms. The lowest BCUT2D eigenvalue weighted by Gasteiger charge is -2.15. The average Bonchev–Trinajstić information content (AvgIpc) is 2.58. The molecule has 1 aliphatic carbocycles. The van der Waals surface area contributed by atoms with E-state index >= 15 is 0 Å². The molecule has 2 N–H and O–H groups in total. The Morgan fingerprint density at radius 2 is 1.88 bits per heavy atom. The molecule has 0 aromatic carbocycles. The van der Waals surface area contributed by atoms with Gasteiger partial charge in [0.25, 0.3) is 0 Å². The number of hydrogen-bond donors (Lipinski definition) is 1. The molecule has 1 fully saturated rings. The molecule has 17 heavy (non-hydrogen) atoms. The smallest absolute Gasteiger partial charge is 0.232 e.